The van der Waals surface area contributed by atoms with Crippen molar-refractivity contribution in [3.63, 3.8) is 0 Å². The molecule has 2 amide bonds. The molecule has 1 unspecified atom stereocenters. The van der Waals surface area contributed by atoms with Crippen LogP contribution in [0.25, 0.3) is 17.0 Å². The van der Waals surface area contributed by atoms with E-state index >= 15 is 0 Å². The van der Waals surface area contributed by atoms with E-state index in [4.69, 9.17) is 9.94 Å². The molecule has 3 heterocycles. The summed E-state index contributed by atoms with van der Waals surface area (Å²) in [6, 6.07) is 12.9. The van der Waals surface area contributed by atoms with Crippen LogP contribution in [0.4, 0.5) is 0 Å². The number of carbonyl (C=O) groups excluding carboxylic acids is 2. The van der Waals surface area contributed by atoms with Crippen LogP contribution in [0.15, 0.2) is 54.9 Å². The average Bonchev–Trinajstić information content (AvgIpc) is 3.76. The van der Waals surface area contributed by atoms with Crippen molar-refractivity contribution in [1.29, 1.82) is 0 Å². The van der Waals surface area contributed by atoms with Crippen LogP contribution in [-0.4, -0.2) is 74.9 Å². The van der Waals surface area contributed by atoms with Crippen molar-refractivity contribution < 1.29 is 19.5 Å². The number of fused-ring (bicyclic) bond motifs is 2. The molecule has 1 saturated heterocycles. The van der Waals surface area contributed by atoms with Crippen LogP contribution >= 0.6 is 0 Å². The molecule has 42 heavy (non-hydrogen) atoms. The molecule has 4 N–H and O–H groups in total. The second-order valence-corrected chi connectivity index (χ2v) is 11.1. The first kappa shape index (κ1) is 27.9. The number of amides is 2. The second kappa shape index (κ2) is 12.3. The van der Waals surface area contributed by atoms with Crippen molar-refractivity contribution in [2.75, 3.05) is 32.8 Å². The molecular weight excluding hydrogens is 532 g/mol. The Hall–Kier alpha value is -4.25. The number of ether oxygens (including phenoxy) is 1. The monoisotopic (exact) mass is 568 g/mol. The van der Waals surface area contributed by atoms with E-state index in [1.807, 2.05) is 11.0 Å². The SMILES string of the molecule is Cc1ccc2c(CCN(Cc3cn[nH]c3C(=O)N3CCOCC3)C3CCc4cc(C=CC(=O)NO)ccc43)c[nH]c2c1. The van der Waals surface area contributed by atoms with Crippen molar-refractivity contribution in [3.8, 4) is 0 Å². The number of nitrogens with one attached hydrogen (secondary N) is 3. The lowest BCUT2D eigenvalue weighted by Crippen LogP contribution is -2.41. The molecule has 1 aliphatic carbocycles. The summed E-state index contributed by atoms with van der Waals surface area (Å²) in [5, 5.41) is 17.3. The summed E-state index contributed by atoms with van der Waals surface area (Å²) in [6.07, 6.45) is 9.64. The molecule has 2 aromatic carbocycles. The van der Waals surface area contributed by atoms with Crippen LogP contribution in [0.1, 0.15) is 56.3 Å². The highest BCUT2D eigenvalue weighted by Crippen LogP contribution is 2.38. The third-order valence-corrected chi connectivity index (χ3v) is 8.39. The van der Waals surface area contributed by atoms with E-state index in [1.165, 1.54) is 33.7 Å². The first-order chi connectivity index (χ1) is 20.5. The molecule has 6 rings (SSSR count). The van der Waals surface area contributed by atoms with Gasteiger partial charge in [-0.1, -0.05) is 30.3 Å². The number of hydrogen-bond acceptors (Lipinski definition) is 6. The zero-order chi connectivity index (χ0) is 29.1. The number of rotatable bonds is 9. The molecule has 0 bridgehead atoms. The molecule has 4 aromatic rings. The van der Waals surface area contributed by atoms with E-state index in [2.05, 4.69) is 63.5 Å². The first-order valence-corrected chi connectivity index (χ1v) is 14.4. The number of aromatic nitrogens is 3. The van der Waals surface area contributed by atoms with E-state index in [0.717, 1.165) is 42.5 Å². The number of hydroxylamine groups is 1. The van der Waals surface area contributed by atoms with Gasteiger partial charge in [0.25, 0.3) is 11.8 Å². The van der Waals surface area contributed by atoms with E-state index < -0.39 is 5.91 Å². The van der Waals surface area contributed by atoms with Gasteiger partial charge >= 0.3 is 0 Å². The highest BCUT2D eigenvalue weighted by Gasteiger charge is 2.30. The molecule has 218 valence electrons. The van der Waals surface area contributed by atoms with Crippen LogP contribution in [0, 0.1) is 6.92 Å². The molecular formula is C32H36N6O4. The number of hydrogen-bond donors (Lipinski definition) is 4. The minimum Gasteiger partial charge on any atom is -0.378 e. The molecule has 0 radical (unpaired) electrons. The number of aryl methyl sites for hydroxylation is 2. The maximum Gasteiger partial charge on any atom is 0.272 e. The van der Waals surface area contributed by atoms with Gasteiger partial charge in [-0.05, 0) is 66.1 Å². The lowest BCUT2D eigenvalue weighted by molar-refractivity contribution is -0.124. The summed E-state index contributed by atoms with van der Waals surface area (Å²) in [5.74, 6) is -0.595. The van der Waals surface area contributed by atoms with Gasteiger partial charge in [-0.3, -0.25) is 24.8 Å². The molecule has 10 heteroatoms. The lowest BCUT2D eigenvalue weighted by atomic mass is 10.0. The minimum atomic E-state index is -0.561. The highest BCUT2D eigenvalue weighted by atomic mass is 16.5. The topological polar surface area (TPSA) is 127 Å². The average molecular weight is 569 g/mol. The van der Waals surface area contributed by atoms with Crippen molar-refractivity contribution in [3.05, 3.63) is 93.9 Å². The van der Waals surface area contributed by atoms with Gasteiger partial charge in [0.15, 0.2) is 0 Å². The molecule has 2 aliphatic rings. The van der Waals surface area contributed by atoms with Crippen molar-refractivity contribution in [1.82, 2.24) is 30.5 Å². The molecule has 0 saturated carbocycles. The fourth-order valence-corrected chi connectivity index (χ4v) is 6.18. The predicted molar refractivity (Wildman–Crippen MR) is 159 cm³/mol. The fraction of sp³-hybridized carbons (Fsp3) is 0.344. The Morgan fingerprint density at radius 3 is 2.88 bits per heavy atom. The Labute approximate surface area is 244 Å². The van der Waals surface area contributed by atoms with Gasteiger partial charge in [-0.25, -0.2) is 5.48 Å². The normalized spacial score (nSPS) is 16.9. The summed E-state index contributed by atoms with van der Waals surface area (Å²) in [5.41, 5.74) is 10.1. The Balaban J connectivity index is 1.27. The Bertz CT molecular complexity index is 1620. The van der Waals surface area contributed by atoms with Crippen molar-refractivity contribution in [2.45, 2.75) is 38.8 Å². The van der Waals surface area contributed by atoms with Crippen LogP contribution < -0.4 is 5.48 Å². The smallest absolute Gasteiger partial charge is 0.272 e. The van der Waals surface area contributed by atoms with E-state index in [0.29, 0.717) is 38.5 Å². The second-order valence-electron chi connectivity index (χ2n) is 11.1. The minimum absolute atomic E-state index is 0.0343. The van der Waals surface area contributed by atoms with Crippen LogP contribution in [-0.2, 0) is 28.9 Å². The quantitative estimate of drug-likeness (QED) is 0.138. The van der Waals surface area contributed by atoms with E-state index in [1.54, 1.807) is 17.8 Å². The van der Waals surface area contributed by atoms with Crippen LogP contribution in [0.5, 0.6) is 0 Å². The number of carbonyl (C=O) groups is 2. The van der Waals surface area contributed by atoms with Gasteiger partial charge in [0.1, 0.15) is 5.69 Å². The van der Waals surface area contributed by atoms with E-state index in [9.17, 15) is 9.59 Å². The third-order valence-electron chi connectivity index (χ3n) is 8.39. The van der Waals surface area contributed by atoms with Gasteiger partial charge < -0.3 is 14.6 Å². The molecule has 1 atom stereocenters. The van der Waals surface area contributed by atoms with Crippen LogP contribution in [0.2, 0.25) is 0 Å². The molecule has 0 spiro atoms. The number of morpholine rings is 1. The predicted octanol–water partition coefficient (Wildman–Crippen LogP) is 3.92. The summed E-state index contributed by atoms with van der Waals surface area (Å²) in [7, 11) is 0. The number of aromatic amines is 2. The van der Waals surface area contributed by atoms with E-state index in [-0.39, 0.29) is 11.9 Å². The van der Waals surface area contributed by atoms with Crippen molar-refractivity contribution in [2.24, 2.45) is 0 Å². The van der Waals surface area contributed by atoms with Gasteiger partial charge in [-0.15, -0.1) is 0 Å². The standard InChI is InChI=1S/C32H36N6O4/c1-21-2-6-26-24(18-33-28(26)16-21)10-11-38(20-25-19-34-35-31(25)32(40)37-12-14-42-15-13-37)29-8-5-23-17-22(3-7-27(23)29)4-9-30(39)36-41/h2-4,6-7,9,16-19,29,33,41H,5,8,10-15,20H2,1H3,(H,34,35)(H,36,39). The number of H-pyrrole nitrogens is 2. The summed E-state index contributed by atoms with van der Waals surface area (Å²) in [4.78, 5) is 32.6. The Kier molecular flexibility index (Phi) is 8.18. The maximum absolute atomic E-state index is 13.4. The lowest BCUT2D eigenvalue weighted by Gasteiger charge is -2.30. The largest absolute Gasteiger partial charge is 0.378 e. The maximum atomic E-state index is 13.4. The van der Waals surface area contributed by atoms with Gasteiger partial charge in [0, 0.05) is 61.0 Å². The zero-order valence-electron chi connectivity index (χ0n) is 23.7. The Morgan fingerprint density at radius 2 is 2.05 bits per heavy atom. The molecule has 1 fully saturated rings. The molecule has 2 aromatic heterocycles. The first-order valence-electron chi connectivity index (χ1n) is 14.4. The van der Waals surface area contributed by atoms with Gasteiger partial charge in [0.2, 0.25) is 0 Å². The molecule has 1 aliphatic heterocycles. The number of nitrogens with zero attached hydrogens (tertiary/aromatic N) is 3. The molecule has 10 nitrogen and oxygen atoms in total. The summed E-state index contributed by atoms with van der Waals surface area (Å²) >= 11 is 0. The van der Waals surface area contributed by atoms with Crippen LogP contribution in [0.3, 0.4) is 0 Å². The highest BCUT2D eigenvalue weighted by molar-refractivity contribution is 5.93. The fourth-order valence-electron chi connectivity index (χ4n) is 6.18. The Morgan fingerprint density at radius 1 is 1.19 bits per heavy atom. The van der Waals surface area contributed by atoms with Gasteiger partial charge in [-0.2, -0.15) is 5.10 Å². The van der Waals surface area contributed by atoms with Gasteiger partial charge in [0.05, 0.1) is 19.4 Å². The van der Waals surface area contributed by atoms with Crippen molar-refractivity contribution >= 4 is 28.8 Å². The summed E-state index contributed by atoms with van der Waals surface area (Å²) < 4.78 is 5.44. The summed E-state index contributed by atoms with van der Waals surface area (Å²) in [6.45, 7) is 5.74. The third kappa shape index (κ3) is 5.87. The zero-order valence-corrected chi connectivity index (χ0v) is 23.7. The number of benzene rings is 2.